The Morgan fingerprint density at radius 1 is 1.12 bits per heavy atom. The third-order valence-electron chi connectivity index (χ3n) is 4.33. The topological polar surface area (TPSA) is 56.7 Å². The van der Waals surface area contributed by atoms with Gasteiger partial charge < -0.3 is 15.8 Å². The Morgan fingerprint density at radius 2 is 1.92 bits per heavy atom. The maximum atomic E-state index is 8.48. The van der Waals surface area contributed by atoms with Gasteiger partial charge in [0.05, 0.1) is 10.7 Å². The van der Waals surface area contributed by atoms with E-state index in [0.29, 0.717) is 6.42 Å². The molecule has 1 aliphatic rings. The van der Waals surface area contributed by atoms with Crippen LogP contribution in [0.3, 0.4) is 0 Å². The summed E-state index contributed by atoms with van der Waals surface area (Å²) in [5.41, 5.74) is 5.83. The Balaban J connectivity index is 1.72. The number of nitrogens with zero attached hydrogens (tertiary/aromatic N) is 1. The normalized spacial score (nSPS) is 14.0. The molecule has 0 amide bonds. The van der Waals surface area contributed by atoms with Crippen molar-refractivity contribution in [2.75, 3.05) is 17.2 Å². The highest BCUT2D eigenvalue weighted by Crippen LogP contribution is 2.35. The van der Waals surface area contributed by atoms with Crippen LogP contribution in [0.1, 0.15) is 29.5 Å². The number of rotatable bonds is 5. The van der Waals surface area contributed by atoms with Gasteiger partial charge in [-0.1, -0.05) is 35.9 Å². The van der Waals surface area contributed by atoms with E-state index in [2.05, 4.69) is 34.0 Å². The first kappa shape index (κ1) is 16.7. The highest BCUT2D eigenvalue weighted by molar-refractivity contribution is 6.33. The second-order valence-corrected chi connectivity index (χ2v) is 6.41. The SMILES string of the molecule is ON=CCc1ccc(CNc2c(Cl)ccc3c2CCCCN3)cc1. The standard InChI is InChI=1S/C19H22ClN3O/c20-17-8-9-18-16(3-1-2-11-21-18)19(17)22-13-15-6-4-14(5-7-15)10-12-23-24/h4-9,12,21-22,24H,1-3,10-11,13H2. The predicted octanol–water partition coefficient (Wildman–Crippen LogP) is 4.70. The van der Waals surface area contributed by atoms with E-state index in [1.807, 2.05) is 18.2 Å². The first-order valence-corrected chi connectivity index (χ1v) is 8.68. The highest BCUT2D eigenvalue weighted by Gasteiger charge is 2.14. The summed E-state index contributed by atoms with van der Waals surface area (Å²) in [5.74, 6) is 0. The minimum atomic E-state index is 0.633. The van der Waals surface area contributed by atoms with Crippen LogP contribution in [-0.2, 0) is 19.4 Å². The molecule has 4 nitrogen and oxygen atoms in total. The van der Waals surface area contributed by atoms with Gasteiger partial charge in [0.25, 0.3) is 0 Å². The number of hydrogen-bond donors (Lipinski definition) is 3. The second-order valence-electron chi connectivity index (χ2n) is 6.00. The molecule has 3 rings (SSSR count). The largest absolute Gasteiger partial charge is 0.411 e. The van der Waals surface area contributed by atoms with Gasteiger partial charge >= 0.3 is 0 Å². The van der Waals surface area contributed by atoms with E-state index in [1.165, 1.54) is 35.9 Å². The molecule has 2 aromatic rings. The van der Waals surface area contributed by atoms with Crippen molar-refractivity contribution in [2.24, 2.45) is 5.16 Å². The maximum absolute atomic E-state index is 8.48. The molecule has 0 radical (unpaired) electrons. The summed E-state index contributed by atoms with van der Waals surface area (Å²) in [5, 5.41) is 19.3. The first-order chi connectivity index (χ1) is 11.8. The Bertz CT molecular complexity index is 713. The molecule has 0 saturated carbocycles. The molecule has 3 N–H and O–H groups in total. The average molecular weight is 344 g/mol. The fourth-order valence-corrected chi connectivity index (χ4v) is 3.26. The van der Waals surface area contributed by atoms with Crippen LogP contribution in [0.15, 0.2) is 41.6 Å². The summed E-state index contributed by atoms with van der Waals surface area (Å²) in [6.07, 6.45) is 5.53. The monoisotopic (exact) mass is 343 g/mol. The van der Waals surface area contributed by atoms with E-state index in [-0.39, 0.29) is 0 Å². The Labute approximate surface area is 147 Å². The lowest BCUT2D eigenvalue weighted by molar-refractivity contribution is 0.321. The molecule has 24 heavy (non-hydrogen) atoms. The van der Waals surface area contributed by atoms with Gasteiger partial charge in [-0.05, 0) is 48.1 Å². The molecular weight excluding hydrogens is 322 g/mol. The molecule has 0 saturated heterocycles. The summed E-state index contributed by atoms with van der Waals surface area (Å²) in [6.45, 7) is 1.75. The van der Waals surface area contributed by atoms with Crippen LogP contribution in [0.4, 0.5) is 11.4 Å². The molecule has 0 bridgehead atoms. The van der Waals surface area contributed by atoms with E-state index in [9.17, 15) is 0 Å². The first-order valence-electron chi connectivity index (χ1n) is 8.31. The van der Waals surface area contributed by atoms with Crippen LogP contribution in [-0.4, -0.2) is 18.0 Å². The van der Waals surface area contributed by atoms with Crippen molar-refractivity contribution in [3.63, 3.8) is 0 Å². The van der Waals surface area contributed by atoms with Crippen molar-refractivity contribution in [1.29, 1.82) is 0 Å². The number of nitrogens with one attached hydrogen (secondary N) is 2. The van der Waals surface area contributed by atoms with Gasteiger partial charge in [0.1, 0.15) is 0 Å². The smallest absolute Gasteiger partial charge is 0.0641 e. The third-order valence-corrected chi connectivity index (χ3v) is 4.65. The van der Waals surface area contributed by atoms with E-state index in [1.54, 1.807) is 0 Å². The Morgan fingerprint density at radius 3 is 2.71 bits per heavy atom. The van der Waals surface area contributed by atoms with Crippen LogP contribution < -0.4 is 10.6 Å². The molecule has 0 aliphatic carbocycles. The fraction of sp³-hybridized carbons (Fsp3) is 0.316. The molecule has 0 fully saturated rings. The van der Waals surface area contributed by atoms with Crippen molar-refractivity contribution < 1.29 is 5.21 Å². The van der Waals surface area contributed by atoms with Crippen LogP contribution in [0, 0.1) is 0 Å². The third kappa shape index (κ3) is 4.01. The van der Waals surface area contributed by atoms with E-state index in [0.717, 1.165) is 35.8 Å². The lowest BCUT2D eigenvalue weighted by Crippen LogP contribution is -2.06. The molecule has 2 aromatic carbocycles. The Hall–Kier alpha value is -2.20. The van der Waals surface area contributed by atoms with Crippen molar-refractivity contribution in [3.05, 3.63) is 58.1 Å². The molecule has 0 atom stereocenters. The molecular formula is C19H22ClN3O. The zero-order valence-corrected chi connectivity index (χ0v) is 14.3. The average Bonchev–Trinajstić information content (AvgIpc) is 2.85. The minimum absolute atomic E-state index is 0.633. The molecule has 0 aromatic heterocycles. The van der Waals surface area contributed by atoms with Gasteiger partial charge in [-0.2, -0.15) is 0 Å². The number of halogens is 1. The Kier molecular flexibility index (Phi) is 5.59. The quantitative estimate of drug-likeness (QED) is 0.419. The van der Waals surface area contributed by atoms with Gasteiger partial charge in [-0.25, -0.2) is 0 Å². The number of oxime groups is 1. The van der Waals surface area contributed by atoms with Gasteiger partial charge in [0.2, 0.25) is 0 Å². The van der Waals surface area contributed by atoms with Crippen molar-refractivity contribution >= 4 is 29.2 Å². The number of anilines is 2. The van der Waals surface area contributed by atoms with Gasteiger partial charge in [-0.15, -0.1) is 5.16 Å². The molecule has 0 spiro atoms. The molecule has 126 valence electrons. The summed E-state index contributed by atoms with van der Waals surface area (Å²) in [6, 6.07) is 12.3. The molecule has 1 aliphatic heterocycles. The van der Waals surface area contributed by atoms with Gasteiger partial charge in [0, 0.05) is 31.4 Å². The van der Waals surface area contributed by atoms with E-state index < -0.39 is 0 Å². The van der Waals surface area contributed by atoms with Gasteiger partial charge in [-0.3, -0.25) is 0 Å². The predicted molar refractivity (Wildman–Crippen MR) is 101 cm³/mol. The number of benzene rings is 2. The zero-order chi connectivity index (χ0) is 16.8. The summed E-state index contributed by atoms with van der Waals surface area (Å²) >= 11 is 6.43. The van der Waals surface area contributed by atoms with E-state index >= 15 is 0 Å². The highest BCUT2D eigenvalue weighted by atomic mass is 35.5. The number of fused-ring (bicyclic) bond motifs is 1. The van der Waals surface area contributed by atoms with Crippen molar-refractivity contribution in [2.45, 2.75) is 32.2 Å². The summed E-state index contributed by atoms with van der Waals surface area (Å²) < 4.78 is 0. The van der Waals surface area contributed by atoms with Crippen molar-refractivity contribution in [3.8, 4) is 0 Å². The van der Waals surface area contributed by atoms with Gasteiger partial charge in [0.15, 0.2) is 0 Å². The zero-order valence-electron chi connectivity index (χ0n) is 13.6. The number of hydrogen-bond acceptors (Lipinski definition) is 4. The molecule has 1 heterocycles. The maximum Gasteiger partial charge on any atom is 0.0641 e. The van der Waals surface area contributed by atoms with Crippen LogP contribution in [0.2, 0.25) is 5.02 Å². The van der Waals surface area contributed by atoms with Crippen LogP contribution in [0.25, 0.3) is 0 Å². The fourth-order valence-electron chi connectivity index (χ4n) is 3.02. The van der Waals surface area contributed by atoms with E-state index in [4.69, 9.17) is 16.8 Å². The summed E-state index contributed by atoms with van der Waals surface area (Å²) in [7, 11) is 0. The minimum Gasteiger partial charge on any atom is -0.411 e. The lowest BCUT2D eigenvalue weighted by atomic mass is 10.0. The summed E-state index contributed by atoms with van der Waals surface area (Å²) in [4.78, 5) is 0. The lowest BCUT2D eigenvalue weighted by Gasteiger charge is -2.17. The molecule has 5 heteroatoms. The second kappa shape index (κ2) is 8.06. The van der Waals surface area contributed by atoms with Crippen LogP contribution >= 0.6 is 11.6 Å². The van der Waals surface area contributed by atoms with Crippen molar-refractivity contribution in [1.82, 2.24) is 0 Å². The molecule has 0 unspecified atom stereocenters. The van der Waals surface area contributed by atoms with Crippen LogP contribution in [0.5, 0.6) is 0 Å².